The Morgan fingerprint density at radius 2 is 1.91 bits per heavy atom. The molecule has 33 heavy (non-hydrogen) atoms. The molecule has 0 radical (unpaired) electrons. The molecule has 1 aliphatic heterocycles. The van der Waals surface area contributed by atoms with Gasteiger partial charge in [0.1, 0.15) is 26.5 Å². The molecule has 0 amide bonds. The lowest BCUT2D eigenvalue weighted by Gasteiger charge is -2.08. The number of hydrogen-bond acceptors (Lipinski definition) is 9. The lowest BCUT2D eigenvalue weighted by atomic mass is 10.1. The summed E-state index contributed by atoms with van der Waals surface area (Å²) in [5, 5.41) is 10.2. The highest BCUT2D eigenvalue weighted by molar-refractivity contribution is 7.92. The second kappa shape index (κ2) is 9.60. The number of rotatable bonds is 8. The van der Waals surface area contributed by atoms with Crippen LogP contribution in [0.3, 0.4) is 0 Å². The molecule has 11 heteroatoms. The van der Waals surface area contributed by atoms with Gasteiger partial charge in [-0.05, 0) is 41.5 Å². The first-order valence-electron chi connectivity index (χ1n) is 9.68. The Bertz CT molecular complexity index is 1300. The first-order valence-corrected chi connectivity index (χ1v) is 12.5. The Labute approximate surface area is 199 Å². The summed E-state index contributed by atoms with van der Waals surface area (Å²) in [6, 6.07) is 10.8. The Morgan fingerprint density at radius 1 is 1.12 bits per heavy atom. The van der Waals surface area contributed by atoms with Crippen LogP contribution in [0.1, 0.15) is 15.9 Å². The molecule has 1 N–H and O–H groups in total. The summed E-state index contributed by atoms with van der Waals surface area (Å²) in [6.07, 6.45) is 0. The Kier molecular flexibility index (Phi) is 6.80. The molecule has 0 aliphatic carbocycles. The molecule has 174 valence electrons. The van der Waals surface area contributed by atoms with Gasteiger partial charge in [-0.1, -0.05) is 23.7 Å². The third-order valence-corrected chi connectivity index (χ3v) is 8.42. The third-order valence-electron chi connectivity index (χ3n) is 4.81. The van der Waals surface area contributed by atoms with Gasteiger partial charge in [0.2, 0.25) is 6.79 Å². The van der Waals surface area contributed by atoms with E-state index in [0.717, 1.165) is 11.3 Å². The first kappa shape index (κ1) is 23.4. The molecule has 3 aromatic rings. The van der Waals surface area contributed by atoms with Crippen molar-refractivity contribution in [3.8, 4) is 28.4 Å². The summed E-state index contributed by atoms with van der Waals surface area (Å²) < 4.78 is 46.9. The molecule has 2 aromatic carbocycles. The average molecular weight is 511 g/mol. The zero-order valence-electron chi connectivity index (χ0n) is 17.4. The smallest absolute Gasteiger partial charge is 0.341 e. The first-order chi connectivity index (χ1) is 15.8. The monoisotopic (exact) mass is 510 g/mol. The van der Waals surface area contributed by atoms with E-state index in [1.54, 1.807) is 18.2 Å². The van der Waals surface area contributed by atoms with Gasteiger partial charge in [-0.3, -0.25) is 0 Å². The standard InChI is InChI=1S/C22H19ClO8S2/c1-28-6-7-29-22(25)15-4-2-13(8-17(15)24)11-33(26,27)20-10-16(21(23)32-20)14-3-5-18-19(9-14)31-12-30-18/h2-5,8-10,24H,6-7,11-12H2,1H3. The second-order valence-electron chi connectivity index (χ2n) is 7.06. The van der Waals surface area contributed by atoms with Crippen LogP contribution in [0.5, 0.6) is 17.2 Å². The fourth-order valence-corrected chi connectivity index (χ4v) is 6.37. The van der Waals surface area contributed by atoms with Gasteiger partial charge in [0.05, 0.1) is 12.4 Å². The minimum Gasteiger partial charge on any atom is -0.507 e. The number of phenols is 1. The largest absolute Gasteiger partial charge is 0.507 e. The number of phenolic OH excluding ortho intramolecular Hbond substituents is 1. The zero-order chi connectivity index (χ0) is 23.6. The predicted octanol–water partition coefficient (Wildman–Crippen LogP) is 4.28. The van der Waals surface area contributed by atoms with E-state index in [2.05, 4.69) is 0 Å². The van der Waals surface area contributed by atoms with Gasteiger partial charge in [-0.25, -0.2) is 13.2 Å². The maximum absolute atomic E-state index is 13.0. The van der Waals surface area contributed by atoms with Crippen LogP contribution < -0.4 is 9.47 Å². The van der Waals surface area contributed by atoms with Gasteiger partial charge in [-0.2, -0.15) is 0 Å². The van der Waals surface area contributed by atoms with Crippen LogP contribution in [-0.2, 0) is 25.1 Å². The fourth-order valence-electron chi connectivity index (χ4n) is 3.19. The van der Waals surface area contributed by atoms with Crippen molar-refractivity contribution in [2.24, 2.45) is 0 Å². The number of carbonyl (C=O) groups is 1. The molecule has 8 nitrogen and oxygen atoms in total. The van der Waals surface area contributed by atoms with Crippen molar-refractivity contribution in [2.75, 3.05) is 27.1 Å². The molecule has 0 bridgehead atoms. The lowest BCUT2D eigenvalue weighted by Crippen LogP contribution is -2.10. The van der Waals surface area contributed by atoms with Crippen LogP contribution >= 0.6 is 22.9 Å². The number of thiophene rings is 1. The Morgan fingerprint density at radius 3 is 2.67 bits per heavy atom. The van der Waals surface area contributed by atoms with E-state index in [0.29, 0.717) is 32.5 Å². The maximum atomic E-state index is 13.0. The third kappa shape index (κ3) is 5.09. The number of sulfone groups is 1. The highest BCUT2D eigenvalue weighted by atomic mass is 35.5. The van der Waals surface area contributed by atoms with E-state index >= 15 is 0 Å². The van der Waals surface area contributed by atoms with Crippen molar-refractivity contribution in [2.45, 2.75) is 9.96 Å². The Hall–Kier alpha value is -2.79. The van der Waals surface area contributed by atoms with Gasteiger partial charge in [0.25, 0.3) is 0 Å². The van der Waals surface area contributed by atoms with Gasteiger partial charge in [0.15, 0.2) is 21.3 Å². The van der Waals surface area contributed by atoms with Crippen molar-refractivity contribution in [3.63, 3.8) is 0 Å². The highest BCUT2D eigenvalue weighted by Crippen LogP contribution is 2.42. The van der Waals surface area contributed by atoms with Crippen LogP contribution in [0, 0.1) is 0 Å². The number of hydrogen-bond donors (Lipinski definition) is 1. The van der Waals surface area contributed by atoms with Crippen LogP contribution in [0.25, 0.3) is 11.1 Å². The van der Waals surface area contributed by atoms with Crippen LogP contribution in [0.15, 0.2) is 46.7 Å². The number of carbonyl (C=O) groups excluding carboxylic acids is 1. The normalized spacial score (nSPS) is 12.7. The van der Waals surface area contributed by atoms with Crippen LogP contribution in [0.4, 0.5) is 0 Å². The van der Waals surface area contributed by atoms with E-state index in [-0.39, 0.29) is 41.3 Å². The number of ether oxygens (including phenoxy) is 4. The van der Waals surface area contributed by atoms with E-state index in [4.69, 9.17) is 30.5 Å². The number of benzene rings is 2. The highest BCUT2D eigenvalue weighted by Gasteiger charge is 2.23. The molecule has 0 unspecified atom stereocenters. The quantitative estimate of drug-likeness (QED) is 0.353. The number of methoxy groups -OCH3 is 1. The molecular formula is C22H19ClO8S2. The zero-order valence-corrected chi connectivity index (χ0v) is 19.8. The summed E-state index contributed by atoms with van der Waals surface area (Å²) in [5.74, 6) is -0.288. The molecule has 1 aliphatic rings. The van der Waals surface area contributed by atoms with Gasteiger partial charge >= 0.3 is 5.97 Å². The minimum absolute atomic E-state index is 0.0374. The van der Waals surface area contributed by atoms with E-state index < -0.39 is 15.8 Å². The number of esters is 1. The molecule has 0 saturated heterocycles. The van der Waals surface area contributed by atoms with Crippen LogP contribution in [0.2, 0.25) is 4.34 Å². The van der Waals surface area contributed by atoms with E-state index in [1.165, 1.54) is 31.4 Å². The van der Waals surface area contributed by atoms with Crippen molar-refractivity contribution >= 4 is 38.7 Å². The lowest BCUT2D eigenvalue weighted by molar-refractivity contribution is 0.0385. The molecule has 0 spiro atoms. The molecular weight excluding hydrogens is 492 g/mol. The molecule has 0 fully saturated rings. The summed E-state index contributed by atoms with van der Waals surface area (Å²) in [4.78, 5) is 12.0. The van der Waals surface area contributed by atoms with Crippen molar-refractivity contribution in [1.82, 2.24) is 0 Å². The summed E-state index contributed by atoms with van der Waals surface area (Å²) in [7, 11) is -2.30. The minimum atomic E-state index is -3.77. The van der Waals surface area contributed by atoms with Crippen molar-refractivity contribution < 1.29 is 37.3 Å². The number of halogens is 1. The van der Waals surface area contributed by atoms with E-state index in [1.807, 2.05) is 0 Å². The molecule has 0 atom stereocenters. The summed E-state index contributed by atoms with van der Waals surface area (Å²) >= 11 is 7.30. The van der Waals surface area contributed by atoms with Gasteiger partial charge in [0, 0.05) is 12.7 Å². The van der Waals surface area contributed by atoms with Gasteiger partial charge in [-0.15, -0.1) is 11.3 Å². The second-order valence-corrected chi connectivity index (χ2v) is 10.9. The fraction of sp³-hybridized carbons (Fsp3) is 0.227. The maximum Gasteiger partial charge on any atom is 0.341 e. The SMILES string of the molecule is COCCOC(=O)c1ccc(CS(=O)(=O)c2cc(-c3ccc4c(c3)OCO4)c(Cl)s2)cc1O. The molecule has 1 aromatic heterocycles. The number of fused-ring (bicyclic) bond motifs is 1. The predicted molar refractivity (Wildman–Crippen MR) is 122 cm³/mol. The van der Waals surface area contributed by atoms with Gasteiger partial charge < -0.3 is 24.1 Å². The summed E-state index contributed by atoms with van der Waals surface area (Å²) in [5.41, 5.74) is 1.53. The Balaban J connectivity index is 1.53. The number of aromatic hydroxyl groups is 1. The molecule has 2 heterocycles. The van der Waals surface area contributed by atoms with Crippen molar-refractivity contribution in [3.05, 3.63) is 57.9 Å². The topological polar surface area (TPSA) is 108 Å². The molecule has 4 rings (SSSR count). The van der Waals surface area contributed by atoms with E-state index in [9.17, 15) is 18.3 Å². The summed E-state index contributed by atoms with van der Waals surface area (Å²) in [6.45, 7) is 0.391. The molecule has 0 saturated carbocycles. The average Bonchev–Trinajstić information content (AvgIpc) is 3.39. The van der Waals surface area contributed by atoms with Crippen molar-refractivity contribution in [1.29, 1.82) is 0 Å². The van der Waals surface area contributed by atoms with Crippen LogP contribution in [-0.4, -0.2) is 46.6 Å².